The van der Waals surface area contributed by atoms with Crippen LogP contribution in [0.2, 0.25) is 0 Å². The zero-order valence-corrected chi connectivity index (χ0v) is 15.1. The van der Waals surface area contributed by atoms with Gasteiger partial charge in [-0.3, -0.25) is 0 Å². The highest BCUT2D eigenvalue weighted by molar-refractivity contribution is 5.45. The number of rotatable bonds is 3. The molecule has 0 spiro atoms. The Morgan fingerprint density at radius 2 is 1.85 bits per heavy atom. The highest BCUT2D eigenvalue weighted by Gasteiger charge is 2.40. The van der Waals surface area contributed by atoms with Gasteiger partial charge in [0.05, 0.1) is 6.04 Å². The Hall–Kier alpha value is -2.95. The lowest BCUT2D eigenvalue weighted by Crippen LogP contribution is -2.49. The molecule has 0 aromatic carbocycles. The van der Waals surface area contributed by atoms with Crippen molar-refractivity contribution in [1.29, 1.82) is 5.26 Å². The number of aromatic nitrogens is 4. The van der Waals surface area contributed by atoms with Gasteiger partial charge < -0.3 is 14.7 Å². The van der Waals surface area contributed by atoms with E-state index < -0.39 is 0 Å². The molecule has 0 amide bonds. The van der Waals surface area contributed by atoms with Crippen molar-refractivity contribution in [2.75, 3.05) is 48.4 Å². The monoisotopic (exact) mass is 350 g/mol. The zero-order valence-electron chi connectivity index (χ0n) is 15.1. The maximum Gasteiger partial charge on any atom is 0.227 e. The van der Waals surface area contributed by atoms with E-state index >= 15 is 0 Å². The number of hydrogen-bond donors (Lipinski definition) is 0. The second-order valence-electron chi connectivity index (χ2n) is 7.01. The van der Waals surface area contributed by atoms with Crippen LogP contribution >= 0.6 is 0 Å². The number of piperidine rings is 1. The minimum atomic E-state index is 0.323. The first-order chi connectivity index (χ1) is 12.7. The molecule has 0 radical (unpaired) electrons. The van der Waals surface area contributed by atoms with Crippen LogP contribution in [0, 0.1) is 17.2 Å². The lowest BCUT2D eigenvalue weighted by Gasteiger charge is -2.38. The molecule has 26 heavy (non-hydrogen) atoms. The largest absolute Gasteiger partial charge is 0.363 e. The van der Waals surface area contributed by atoms with Gasteiger partial charge in [0.25, 0.3) is 0 Å². The summed E-state index contributed by atoms with van der Waals surface area (Å²) >= 11 is 0. The second-order valence-corrected chi connectivity index (χ2v) is 7.01. The number of fused-ring (bicyclic) bond motifs is 1. The van der Waals surface area contributed by atoms with Gasteiger partial charge in [0, 0.05) is 46.1 Å². The first-order valence-corrected chi connectivity index (χ1v) is 8.91. The van der Waals surface area contributed by atoms with Crippen LogP contribution in [0.4, 0.5) is 17.7 Å². The summed E-state index contributed by atoms with van der Waals surface area (Å²) in [4.78, 5) is 24.4. The van der Waals surface area contributed by atoms with Crippen molar-refractivity contribution in [1.82, 2.24) is 19.9 Å². The fraction of sp³-hybridized carbons (Fsp3) is 0.500. The van der Waals surface area contributed by atoms with E-state index in [0.29, 0.717) is 23.6 Å². The Labute approximate surface area is 153 Å². The molecular weight excluding hydrogens is 328 g/mol. The van der Waals surface area contributed by atoms with Gasteiger partial charge in [-0.25, -0.2) is 15.0 Å². The van der Waals surface area contributed by atoms with Gasteiger partial charge in [-0.15, -0.1) is 0 Å². The van der Waals surface area contributed by atoms with Crippen LogP contribution in [0.3, 0.4) is 0 Å². The van der Waals surface area contributed by atoms with Gasteiger partial charge in [-0.05, 0) is 30.9 Å². The van der Waals surface area contributed by atoms with Crippen LogP contribution in [-0.4, -0.2) is 59.7 Å². The molecule has 2 unspecified atom stereocenters. The van der Waals surface area contributed by atoms with E-state index in [0.717, 1.165) is 44.2 Å². The topological polar surface area (TPSA) is 85.1 Å². The van der Waals surface area contributed by atoms with Crippen LogP contribution in [0.1, 0.15) is 18.5 Å². The Bertz CT molecular complexity index is 830. The summed E-state index contributed by atoms with van der Waals surface area (Å²) in [6.07, 6.45) is 5.72. The first kappa shape index (κ1) is 16.5. The fourth-order valence-corrected chi connectivity index (χ4v) is 3.86. The predicted molar refractivity (Wildman–Crippen MR) is 99.2 cm³/mol. The van der Waals surface area contributed by atoms with Crippen molar-refractivity contribution in [3.8, 4) is 6.07 Å². The molecule has 2 atom stereocenters. The molecule has 0 bridgehead atoms. The van der Waals surface area contributed by atoms with Crippen LogP contribution in [0.25, 0.3) is 0 Å². The minimum Gasteiger partial charge on any atom is -0.363 e. The highest BCUT2D eigenvalue weighted by Crippen LogP contribution is 2.34. The third-order valence-corrected chi connectivity index (χ3v) is 5.25. The average Bonchev–Trinajstić information content (AvgIpc) is 3.11. The van der Waals surface area contributed by atoms with E-state index in [-0.39, 0.29) is 0 Å². The molecule has 2 saturated heterocycles. The van der Waals surface area contributed by atoms with Gasteiger partial charge in [-0.2, -0.15) is 10.2 Å². The molecule has 0 aliphatic carbocycles. The summed E-state index contributed by atoms with van der Waals surface area (Å²) in [5.74, 6) is 2.96. The van der Waals surface area contributed by atoms with E-state index in [4.69, 9.17) is 5.26 Å². The summed E-state index contributed by atoms with van der Waals surface area (Å²) in [6, 6.07) is 5.98. The molecule has 4 rings (SSSR count). The predicted octanol–water partition coefficient (Wildman–Crippen LogP) is 1.31. The van der Waals surface area contributed by atoms with Crippen LogP contribution < -0.4 is 14.7 Å². The third kappa shape index (κ3) is 3.01. The van der Waals surface area contributed by atoms with E-state index in [9.17, 15) is 0 Å². The van der Waals surface area contributed by atoms with Gasteiger partial charge in [0.1, 0.15) is 17.6 Å². The van der Waals surface area contributed by atoms with E-state index in [1.807, 2.05) is 31.3 Å². The molecule has 2 aliphatic rings. The number of anilines is 3. The molecule has 0 saturated carbocycles. The first-order valence-electron chi connectivity index (χ1n) is 8.91. The molecule has 4 heterocycles. The summed E-state index contributed by atoms with van der Waals surface area (Å²) in [5, 5.41) is 9.11. The van der Waals surface area contributed by atoms with Crippen molar-refractivity contribution in [2.45, 2.75) is 18.9 Å². The van der Waals surface area contributed by atoms with E-state index in [1.54, 1.807) is 12.3 Å². The normalized spacial score (nSPS) is 22.0. The Balaban J connectivity index is 1.57. The number of hydrogen-bond acceptors (Lipinski definition) is 8. The number of nitrogens with zero attached hydrogens (tertiary/aromatic N) is 8. The Morgan fingerprint density at radius 1 is 1.08 bits per heavy atom. The molecule has 8 nitrogen and oxygen atoms in total. The molecular formula is C18H22N8. The van der Waals surface area contributed by atoms with Crippen LogP contribution in [0.15, 0.2) is 24.5 Å². The molecule has 2 aromatic heterocycles. The van der Waals surface area contributed by atoms with Crippen molar-refractivity contribution in [3.05, 3.63) is 30.2 Å². The van der Waals surface area contributed by atoms with Crippen molar-refractivity contribution < 1.29 is 0 Å². The fourth-order valence-electron chi connectivity index (χ4n) is 3.86. The van der Waals surface area contributed by atoms with Gasteiger partial charge in [-0.1, -0.05) is 0 Å². The SMILES string of the molecule is CN(C)c1ccnc(N2CCC3CCN(c4nccc(C#N)n4)C3C2)n1. The van der Waals surface area contributed by atoms with Crippen LogP contribution in [-0.2, 0) is 0 Å². The molecule has 0 N–H and O–H groups in total. The lowest BCUT2D eigenvalue weighted by atomic mass is 9.92. The Kier molecular flexibility index (Phi) is 4.29. The summed E-state index contributed by atoms with van der Waals surface area (Å²) in [7, 11) is 3.97. The smallest absolute Gasteiger partial charge is 0.227 e. The summed E-state index contributed by atoms with van der Waals surface area (Å²) < 4.78 is 0. The third-order valence-electron chi connectivity index (χ3n) is 5.25. The Morgan fingerprint density at radius 3 is 2.65 bits per heavy atom. The summed E-state index contributed by atoms with van der Waals surface area (Å²) in [6.45, 7) is 2.74. The van der Waals surface area contributed by atoms with Gasteiger partial charge in [0.2, 0.25) is 11.9 Å². The maximum absolute atomic E-state index is 9.11. The van der Waals surface area contributed by atoms with Crippen LogP contribution in [0.5, 0.6) is 0 Å². The zero-order chi connectivity index (χ0) is 18.1. The molecule has 8 heteroatoms. The molecule has 2 fully saturated rings. The summed E-state index contributed by atoms with van der Waals surface area (Å²) in [5.41, 5.74) is 0.410. The van der Waals surface area contributed by atoms with Gasteiger partial charge >= 0.3 is 0 Å². The lowest BCUT2D eigenvalue weighted by molar-refractivity contribution is 0.386. The average molecular weight is 350 g/mol. The molecule has 2 aromatic rings. The van der Waals surface area contributed by atoms with Gasteiger partial charge in [0.15, 0.2) is 0 Å². The molecule has 134 valence electrons. The molecule has 2 aliphatic heterocycles. The maximum atomic E-state index is 9.11. The van der Waals surface area contributed by atoms with Crippen molar-refractivity contribution in [2.24, 2.45) is 5.92 Å². The highest BCUT2D eigenvalue weighted by atomic mass is 15.4. The minimum absolute atomic E-state index is 0.323. The van der Waals surface area contributed by atoms with E-state index in [2.05, 4.69) is 35.8 Å². The quantitative estimate of drug-likeness (QED) is 0.819. The van der Waals surface area contributed by atoms with Crippen molar-refractivity contribution in [3.63, 3.8) is 0 Å². The number of nitriles is 1. The standard InChI is InChI=1S/C18H22N8/c1-24(2)16-4-8-20-17(23-16)25-9-5-13-6-10-26(15(13)12-25)18-21-7-3-14(11-19)22-18/h3-4,7-8,13,15H,5-6,9-10,12H2,1-2H3. The van der Waals surface area contributed by atoms with Crippen molar-refractivity contribution >= 4 is 17.7 Å². The second kappa shape index (κ2) is 6.75. The van der Waals surface area contributed by atoms with E-state index in [1.165, 1.54) is 0 Å².